The third-order valence-corrected chi connectivity index (χ3v) is 4.40. The molecule has 0 bridgehead atoms. The van der Waals surface area contributed by atoms with Gasteiger partial charge in [0.25, 0.3) is 11.7 Å². The van der Waals surface area contributed by atoms with Gasteiger partial charge in [-0.15, -0.1) is 5.10 Å². The molecule has 0 aliphatic rings. The van der Waals surface area contributed by atoms with Gasteiger partial charge in [0.05, 0.1) is 12.5 Å². The van der Waals surface area contributed by atoms with Crippen LogP contribution in [0.2, 0.25) is 0 Å². The van der Waals surface area contributed by atoms with E-state index >= 15 is 0 Å². The molecule has 1 unspecified atom stereocenters. The van der Waals surface area contributed by atoms with Gasteiger partial charge in [-0.05, 0) is 51.0 Å². The summed E-state index contributed by atoms with van der Waals surface area (Å²) in [7, 11) is 0. The Kier molecular flexibility index (Phi) is 6.06. The van der Waals surface area contributed by atoms with Crippen molar-refractivity contribution in [1.82, 2.24) is 24.9 Å². The number of carboxylic acid groups (broad SMARTS) is 1. The van der Waals surface area contributed by atoms with Crippen LogP contribution in [0.3, 0.4) is 0 Å². The van der Waals surface area contributed by atoms with Gasteiger partial charge >= 0.3 is 5.97 Å². The van der Waals surface area contributed by atoms with Gasteiger partial charge in [-0.2, -0.15) is 4.98 Å². The highest BCUT2D eigenvalue weighted by atomic mass is 16.5. The molecule has 152 valence electrons. The van der Waals surface area contributed by atoms with Gasteiger partial charge in [-0.1, -0.05) is 12.1 Å². The number of benzene rings is 1. The van der Waals surface area contributed by atoms with E-state index in [2.05, 4.69) is 20.4 Å². The monoisotopic (exact) mass is 397 g/mol. The van der Waals surface area contributed by atoms with E-state index in [1.165, 1.54) is 4.52 Å². The van der Waals surface area contributed by atoms with Crippen molar-refractivity contribution < 1.29 is 19.4 Å². The largest absolute Gasteiger partial charge is 0.494 e. The highest BCUT2D eigenvalue weighted by Crippen LogP contribution is 2.15. The van der Waals surface area contributed by atoms with Crippen molar-refractivity contribution in [2.75, 3.05) is 13.2 Å². The second-order valence-corrected chi connectivity index (χ2v) is 6.71. The maximum Gasteiger partial charge on any atom is 0.308 e. The number of nitrogens with zero attached hydrogens (tertiary/aromatic N) is 4. The Morgan fingerprint density at radius 3 is 2.59 bits per heavy atom. The lowest BCUT2D eigenvalue weighted by atomic mass is 9.99. The Hall–Kier alpha value is -3.49. The number of hydrogen-bond donors (Lipinski definition) is 2. The first kappa shape index (κ1) is 20.2. The lowest BCUT2D eigenvalue weighted by molar-refractivity contribution is -0.141. The number of carbonyl (C=O) groups is 2. The molecule has 0 fully saturated rings. The van der Waals surface area contributed by atoms with Crippen LogP contribution in [0.15, 0.2) is 30.3 Å². The van der Waals surface area contributed by atoms with E-state index in [-0.39, 0.29) is 18.8 Å². The van der Waals surface area contributed by atoms with Crippen molar-refractivity contribution in [3.05, 3.63) is 53.1 Å². The van der Waals surface area contributed by atoms with Crippen molar-refractivity contribution in [2.24, 2.45) is 5.92 Å². The van der Waals surface area contributed by atoms with Crippen LogP contribution in [-0.2, 0) is 11.2 Å². The number of nitrogens with one attached hydrogen (secondary N) is 1. The van der Waals surface area contributed by atoms with Crippen LogP contribution in [-0.4, -0.2) is 49.7 Å². The van der Waals surface area contributed by atoms with Crippen LogP contribution in [0.5, 0.6) is 5.75 Å². The number of rotatable bonds is 8. The van der Waals surface area contributed by atoms with Gasteiger partial charge < -0.3 is 15.2 Å². The van der Waals surface area contributed by atoms with Gasteiger partial charge in [-0.25, -0.2) is 9.50 Å². The second-order valence-electron chi connectivity index (χ2n) is 6.71. The maximum absolute atomic E-state index is 12.4. The minimum atomic E-state index is -0.990. The van der Waals surface area contributed by atoms with Crippen LogP contribution >= 0.6 is 0 Å². The highest BCUT2D eigenvalue weighted by molar-refractivity contribution is 5.91. The summed E-state index contributed by atoms with van der Waals surface area (Å²) in [5.74, 6) is -1.29. The van der Waals surface area contributed by atoms with Gasteiger partial charge in [-0.3, -0.25) is 9.59 Å². The van der Waals surface area contributed by atoms with Crippen LogP contribution in [0.1, 0.15) is 34.5 Å². The fourth-order valence-electron chi connectivity index (χ4n) is 2.98. The average Bonchev–Trinajstić information content (AvgIpc) is 3.10. The van der Waals surface area contributed by atoms with Gasteiger partial charge in [0.15, 0.2) is 0 Å². The minimum absolute atomic E-state index is 0.0393. The quantitative estimate of drug-likeness (QED) is 0.595. The highest BCUT2D eigenvalue weighted by Gasteiger charge is 2.21. The SMILES string of the molecule is CCOc1ccc(CC(CNC(=O)c2nc3nc(C)cc(C)n3n2)C(=O)O)cc1. The number of carboxylic acids is 1. The van der Waals surface area contributed by atoms with Gasteiger partial charge in [0.2, 0.25) is 5.82 Å². The molecule has 1 aromatic carbocycles. The average molecular weight is 397 g/mol. The fraction of sp³-hybridized carbons (Fsp3) is 0.350. The number of fused-ring (bicyclic) bond motifs is 1. The Labute approximate surface area is 167 Å². The lowest BCUT2D eigenvalue weighted by Gasteiger charge is -2.13. The molecule has 0 saturated carbocycles. The molecule has 0 aliphatic carbocycles. The van der Waals surface area contributed by atoms with Crippen molar-refractivity contribution >= 4 is 17.7 Å². The minimum Gasteiger partial charge on any atom is -0.494 e. The summed E-state index contributed by atoms with van der Waals surface area (Å²) in [6.07, 6.45) is 0.278. The molecule has 9 nitrogen and oxygen atoms in total. The second kappa shape index (κ2) is 8.68. The summed E-state index contributed by atoms with van der Waals surface area (Å²) >= 11 is 0. The zero-order valence-electron chi connectivity index (χ0n) is 16.5. The smallest absolute Gasteiger partial charge is 0.308 e. The Morgan fingerprint density at radius 1 is 1.21 bits per heavy atom. The lowest BCUT2D eigenvalue weighted by Crippen LogP contribution is -2.34. The summed E-state index contributed by atoms with van der Waals surface area (Å²) in [6, 6.07) is 9.08. The number of ether oxygens (including phenoxy) is 1. The van der Waals surface area contributed by atoms with Crippen molar-refractivity contribution in [3.63, 3.8) is 0 Å². The molecule has 2 heterocycles. The van der Waals surface area contributed by atoms with E-state index in [4.69, 9.17) is 4.74 Å². The molecule has 3 rings (SSSR count). The zero-order chi connectivity index (χ0) is 21.0. The van der Waals surface area contributed by atoms with E-state index < -0.39 is 17.8 Å². The first-order chi connectivity index (χ1) is 13.9. The third-order valence-electron chi connectivity index (χ3n) is 4.40. The first-order valence-electron chi connectivity index (χ1n) is 9.31. The molecule has 0 spiro atoms. The molecular formula is C20H23N5O4. The van der Waals surface area contributed by atoms with E-state index in [0.717, 1.165) is 22.7 Å². The van der Waals surface area contributed by atoms with Crippen LogP contribution in [0, 0.1) is 19.8 Å². The van der Waals surface area contributed by atoms with Crippen LogP contribution < -0.4 is 10.1 Å². The maximum atomic E-state index is 12.4. The van der Waals surface area contributed by atoms with E-state index in [1.807, 2.05) is 39.0 Å². The molecule has 0 saturated heterocycles. The molecule has 1 amide bonds. The van der Waals surface area contributed by atoms with E-state index in [0.29, 0.717) is 12.4 Å². The molecule has 3 aromatic rings. The summed E-state index contributed by atoms with van der Waals surface area (Å²) in [4.78, 5) is 32.4. The number of aliphatic carboxylic acids is 1. The third kappa shape index (κ3) is 4.87. The number of hydrogen-bond acceptors (Lipinski definition) is 6. The summed E-state index contributed by atoms with van der Waals surface area (Å²) in [5.41, 5.74) is 2.42. The molecule has 29 heavy (non-hydrogen) atoms. The predicted octanol–water partition coefficient (Wildman–Crippen LogP) is 1.81. The van der Waals surface area contributed by atoms with Crippen molar-refractivity contribution in [3.8, 4) is 5.75 Å². The summed E-state index contributed by atoms with van der Waals surface area (Å²) in [5, 5.41) is 16.3. The Morgan fingerprint density at radius 2 is 1.93 bits per heavy atom. The number of amides is 1. The number of carbonyl (C=O) groups excluding carboxylic acids is 1. The molecule has 9 heteroatoms. The topological polar surface area (TPSA) is 119 Å². The van der Waals surface area contributed by atoms with Gasteiger partial charge in [0.1, 0.15) is 5.75 Å². The summed E-state index contributed by atoms with van der Waals surface area (Å²) < 4.78 is 6.87. The van der Waals surface area contributed by atoms with Crippen LogP contribution in [0.25, 0.3) is 5.78 Å². The summed E-state index contributed by atoms with van der Waals surface area (Å²) in [6.45, 7) is 6.10. The standard InChI is InChI=1S/C20H23N5O4/c1-4-29-16-7-5-14(6-8-16)10-15(19(27)28)11-21-18(26)17-23-20-22-12(2)9-13(3)25(20)24-17/h5-9,15H,4,10-11H2,1-3H3,(H,21,26)(H,27,28). The van der Waals surface area contributed by atoms with Gasteiger partial charge in [0, 0.05) is 17.9 Å². The zero-order valence-corrected chi connectivity index (χ0v) is 16.5. The Balaban J connectivity index is 1.66. The van der Waals surface area contributed by atoms with Crippen LogP contribution in [0.4, 0.5) is 0 Å². The molecule has 0 radical (unpaired) electrons. The molecular weight excluding hydrogens is 374 g/mol. The van der Waals surface area contributed by atoms with Crippen molar-refractivity contribution in [1.29, 1.82) is 0 Å². The molecule has 1 atom stereocenters. The van der Waals surface area contributed by atoms with Crippen molar-refractivity contribution in [2.45, 2.75) is 27.2 Å². The molecule has 2 aromatic heterocycles. The normalized spacial score (nSPS) is 12.0. The molecule has 0 aliphatic heterocycles. The molecule has 2 N–H and O–H groups in total. The van der Waals surface area contributed by atoms with E-state index in [9.17, 15) is 14.7 Å². The van der Waals surface area contributed by atoms with E-state index in [1.54, 1.807) is 12.1 Å². The number of aromatic nitrogens is 4. The Bertz CT molecular complexity index is 1030. The first-order valence-corrected chi connectivity index (χ1v) is 9.31. The predicted molar refractivity (Wildman–Crippen MR) is 105 cm³/mol. The fourth-order valence-corrected chi connectivity index (χ4v) is 2.98. The number of aryl methyl sites for hydroxylation is 2.